The molecule has 3 aromatic carbocycles. The number of pyridine rings is 1. The molecule has 0 saturated heterocycles. The first kappa shape index (κ1) is 33.1. The molecule has 0 atom stereocenters. The highest BCUT2D eigenvalue weighted by atomic mass is 32.2. The predicted molar refractivity (Wildman–Crippen MR) is 179 cm³/mol. The monoisotopic (exact) mass is 655 g/mol. The van der Waals surface area contributed by atoms with Crippen molar-refractivity contribution in [2.45, 2.75) is 0 Å². The van der Waals surface area contributed by atoms with Gasteiger partial charge in [0.25, 0.3) is 0 Å². The van der Waals surface area contributed by atoms with Crippen LogP contribution in [0.25, 0.3) is 49.3 Å². The molecule has 6 aromatic rings. The second kappa shape index (κ2) is 13.5. The summed E-state index contributed by atoms with van der Waals surface area (Å²) in [7, 11) is 3.13. The molecule has 0 unspecified atom stereocenters. The number of nitrogens with zero attached hydrogens (tertiary/aromatic N) is 1. The molecule has 45 heavy (non-hydrogen) atoms. The van der Waals surface area contributed by atoms with Crippen molar-refractivity contribution in [3.8, 4) is 45.6 Å². The van der Waals surface area contributed by atoms with Crippen LogP contribution in [-0.2, 0) is 21.6 Å². The Labute approximate surface area is 263 Å². The number of rotatable bonds is 4. The first-order chi connectivity index (χ1) is 21.3. The van der Waals surface area contributed by atoms with Crippen molar-refractivity contribution in [3.63, 3.8) is 0 Å². The summed E-state index contributed by atoms with van der Waals surface area (Å²) in [5, 5.41) is 33.5. The zero-order chi connectivity index (χ0) is 33.2. The van der Waals surface area contributed by atoms with Gasteiger partial charge in [-0.05, 0) is 47.3 Å². The summed E-state index contributed by atoms with van der Waals surface area (Å²) in [6, 6.07) is 13.0. The molecule has 11 nitrogen and oxygen atoms in total. The number of aromatic hydroxyl groups is 3. The second-order valence-electron chi connectivity index (χ2n) is 10.0. The van der Waals surface area contributed by atoms with E-state index in [9.17, 15) is 28.5 Å². The van der Waals surface area contributed by atoms with E-state index >= 15 is 0 Å². The van der Waals surface area contributed by atoms with E-state index in [2.05, 4.69) is 0 Å². The Morgan fingerprint density at radius 2 is 1.22 bits per heavy atom. The second-order valence-corrected chi connectivity index (χ2v) is 13.0. The maximum atomic E-state index is 13.4. The number of ether oxygens (including phenoxy) is 3. The van der Waals surface area contributed by atoms with E-state index in [0.29, 0.717) is 38.2 Å². The Hall–Kier alpha value is -4.75. The summed E-state index contributed by atoms with van der Waals surface area (Å²) < 4.78 is 42.6. The molecule has 238 valence electrons. The van der Waals surface area contributed by atoms with Gasteiger partial charge >= 0.3 is 5.63 Å². The molecule has 0 aliphatic carbocycles. The van der Waals surface area contributed by atoms with Crippen LogP contribution in [-0.4, -0.2) is 74.5 Å². The Morgan fingerprint density at radius 1 is 0.689 bits per heavy atom. The molecule has 3 aromatic heterocycles. The van der Waals surface area contributed by atoms with Gasteiger partial charge in [0.2, 0.25) is 0 Å². The lowest BCUT2D eigenvalue weighted by Crippen LogP contribution is -2.02. The third-order valence-electron chi connectivity index (χ3n) is 6.63. The highest BCUT2D eigenvalue weighted by molar-refractivity contribution is 7.83. The van der Waals surface area contributed by atoms with E-state index in [1.165, 1.54) is 33.5 Å². The normalized spacial score (nSPS) is 11.0. The zero-order valence-corrected chi connectivity index (χ0v) is 27.3. The van der Waals surface area contributed by atoms with Crippen LogP contribution in [0.4, 0.5) is 0 Å². The fraction of sp³-hybridized carbons (Fsp3) is 0.219. The van der Waals surface area contributed by atoms with Crippen molar-refractivity contribution in [1.29, 1.82) is 0 Å². The molecule has 13 heteroatoms. The molecule has 3 N–H and O–H groups in total. The fourth-order valence-corrected chi connectivity index (χ4v) is 4.97. The molecule has 0 aliphatic heterocycles. The van der Waals surface area contributed by atoms with Crippen LogP contribution in [0, 0.1) is 0 Å². The third-order valence-corrected chi connectivity index (χ3v) is 6.63. The largest absolute Gasteiger partial charge is 0.504 e. The number of fused-ring (bicyclic) bond motifs is 7. The van der Waals surface area contributed by atoms with Gasteiger partial charge < -0.3 is 38.3 Å². The van der Waals surface area contributed by atoms with Gasteiger partial charge in [0.15, 0.2) is 34.5 Å². The summed E-state index contributed by atoms with van der Waals surface area (Å²) in [6.07, 6.45) is 8.29. The minimum atomic E-state index is -0.611. The Kier molecular flexibility index (Phi) is 9.94. The standard InChI is InChI=1S/C28H21NO8.2C2H6OS/c1-34-21-9-14(4-5-17(21)30)24-25-16-11-23(36-3)19(32)12-20(16)37-28(33)27(25)29-7-6-13-8-18(31)22(35-2)10-15(13)26(24)29;2*1-4(2)3/h4-12,30-32H,1-3H3;2*1-2H3. The summed E-state index contributed by atoms with van der Waals surface area (Å²) in [5.41, 5.74) is 1.79. The van der Waals surface area contributed by atoms with Gasteiger partial charge in [-0.15, -0.1) is 0 Å². The maximum Gasteiger partial charge on any atom is 0.361 e. The molecule has 0 bridgehead atoms. The minimum absolute atomic E-state index is 0.0199. The Morgan fingerprint density at radius 3 is 1.80 bits per heavy atom. The van der Waals surface area contributed by atoms with Gasteiger partial charge in [0, 0.05) is 80.6 Å². The molecule has 3 heterocycles. The molecule has 0 amide bonds. The summed E-state index contributed by atoms with van der Waals surface area (Å²) in [6.45, 7) is 0. The number of phenolic OH excluding ortho intramolecular Hbond substituents is 3. The fourth-order valence-electron chi connectivity index (χ4n) is 4.97. The highest BCUT2D eigenvalue weighted by Gasteiger charge is 2.24. The van der Waals surface area contributed by atoms with Crippen LogP contribution >= 0.6 is 0 Å². The molecule has 0 radical (unpaired) electrons. The van der Waals surface area contributed by atoms with E-state index in [1.807, 2.05) is 0 Å². The molecule has 0 fully saturated rings. The Bertz CT molecular complexity index is 2150. The first-order valence-corrected chi connectivity index (χ1v) is 17.1. The van der Waals surface area contributed by atoms with E-state index < -0.39 is 27.2 Å². The van der Waals surface area contributed by atoms with Gasteiger partial charge in [-0.25, -0.2) is 4.79 Å². The molecule has 6 rings (SSSR count). The first-order valence-electron chi connectivity index (χ1n) is 13.2. The van der Waals surface area contributed by atoms with E-state index in [1.54, 1.807) is 72.0 Å². The number of benzene rings is 3. The quantitative estimate of drug-likeness (QED) is 0.217. The van der Waals surface area contributed by atoms with Crippen molar-refractivity contribution in [1.82, 2.24) is 4.40 Å². The summed E-state index contributed by atoms with van der Waals surface area (Å²) >= 11 is 0. The summed E-state index contributed by atoms with van der Waals surface area (Å²) in [4.78, 5) is 13.4. The van der Waals surface area contributed by atoms with Crippen molar-refractivity contribution in [3.05, 3.63) is 65.1 Å². The maximum absolute atomic E-state index is 13.4. The van der Waals surface area contributed by atoms with Gasteiger partial charge in [0.05, 0.1) is 26.8 Å². The van der Waals surface area contributed by atoms with E-state index in [4.69, 9.17) is 18.6 Å². The number of phenols is 3. The zero-order valence-electron chi connectivity index (χ0n) is 25.7. The van der Waals surface area contributed by atoms with Crippen LogP contribution in [0.2, 0.25) is 0 Å². The molecular formula is C32H33NO10S2. The number of methoxy groups -OCH3 is 3. The molecule has 0 saturated carbocycles. The molecule has 0 aliphatic rings. The molecular weight excluding hydrogens is 622 g/mol. The average Bonchev–Trinajstić information content (AvgIpc) is 3.32. The third kappa shape index (κ3) is 6.54. The van der Waals surface area contributed by atoms with E-state index in [0.717, 1.165) is 0 Å². The predicted octanol–water partition coefficient (Wildman–Crippen LogP) is 5.15. The van der Waals surface area contributed by atoms with Crippen molar-refractivity contribution in [2.24, 2.45) is 0 Å². The van der Waals surface area contributed by atoms with Gasteiger partial charge in [-0.1, -0.05) is 6.07 Å². The van der Waals surface area contributed by atoms with Gasteiger partial charge in [-0.2, -0.15) is 0 Å². The lowest BCUT2D eigenvalue weighted by Gasteiger charge is -2.11. The van der Waals surface area contributed by atoms with Crippen LogP contribution in [0.5, 0.6) is 34.5 Å². The number of hydrogen-bond acceptors (Lipinski definition) is 10. The minimum Gasteiger partial charge on any atom is -0.504 e. The van der Waals surface area contributed by atoms with Gasteiger partial charge in [-0.3, -0.25) is 8.42 Å². The lowest BCUT2D eigenvalue weighted by molar-refractivity contribution is 0.373. The SMILES string of the molecule is COc1cc(-c2c3c4cc(OC)c(O)cc4oc(=O)c3n3ccc4cc(O)c(OC)cc4c23)ccc1O.CS(C)=O.CS(C)=O. The van der Waals surface area contributed by atoms with Crippen LogP contribution in [0.1, 0.15) is 0 Å². The van der Waals surface area contributed by atoms with Crippen molar-refractivity contribution >= 4 is 59.8 Å². The Balaban J connectivity index is 0.000000518. The average molecular weight is 656 g/mol. The summed E-state index contributed by atoms with van der Waals surface area (Å²) in [5.74, 6) is 0.509. The molecule has 0 spiro atoms. The smallest absolute Gasteiger partial charge is 0.361 e. The van der Waals surface area contributed by atoms with Gasteiger partial charge in [0.1, 0.15) is 11.1 Å². The van der Waals surface area contributed by atoms with Crippen LogP contribution in [0.15, 0.2) is 63.9 Å². The number of aromatic nitrogens is 1. The van der Waals surface area contributed by atoms with Crippen molar-refractivity contribution in [2.75, 3.05) is 46.4 Å². The van der Waals surface area contributed by atoms with Crippen LogP contribution < -0.4 is 19.8 Å². The topological polar surface area (TPSA) is 157 Å². The van der Waals surface area contributed by atoms with Crippen LogP contribution in [0.3, 0.4) is 0 Å². The lowest BCUT2D eigenvalue weighted by atomic mass is 9.98. The number of hydrogen-bond donors (Lipinski definition) is 3. The van der Waals surface area contributed by atoms with Crippen molar-refractivity contribution < 1.29 is 42.4 Å². The van der Waals surface area contributed by atoms with E-state index in [-0.39, 0.29) is 45.6 Å². The highest BCUT2D eigenvalue weighted by Crippen LogP contribution is 2.46.